The third kappa shape index (κ3) is 2.00. The van der Waals surface area contributed by atoms with Crippen LogP contribution in [0.3, 0.4) is 0 Å². The highest BCUT2D eigenvalue weighted by molar-refractivity contribution is 5.92. The van der Waals surface area contributed by atoms with Crippen molar-refractivity contribution in [2.45, 2.75) is 0 Å². The van der Waals surface area contributed by atoms with E-state index in [1.165, 1.54) is 23.7 Å². The van der Waals surface area contributed by atoms with Crippen LogP contribution in [0, 0.1) is 10.1 Å². The van der Waals surface area contributed by atoms with Gasteiger partial charge in [0.05, 0.1) is 23.6 Å². The van der Waals surface area contributed by atoms with Gasteiger partial charge in [0.2, 0.25) is 0 Å². The van der Waals surface area contributed by atoms with Crippen molar-refractivity contribution in [1.29, 1.82) is 0 Å². The number of fused-ring (bicyclic) bond motifs is 1. The van der Waals surface area contributed by atoms with Gasteiger partial charge in [-0.15, -0.1) is 0 Å². The molecule has 9 heteroatoms. The molecule has 9 nitrogen and oxygen atoms in total. The minimum Gasteiger partial charge on any atom is -0.478 e. The second kappa shape index (κ2) is 4.40. The van der Waals surface area contributed by atoms with Gasteiger partial charge in [-0.3, -0.25) is 0 Å². The number of aromatic nitrogens is 4. The first-order valence-corrected chi connectivity index (χ1v) is 5.87. The van der Waals surface area contributed by atoms with Gasteiger partial charge < -0.3 is 20.2 Å². The fraction of sp³-hybridized carbons (Fsp3) is 0.0833. The van der Waals surface area contributed by atoms with Crippen LogP contribution in [-0.2, 0) is 7.05 Å². The molecule has 2 heterocycles. The number of nitrogens with zero attached hydrogens (tertiary/aromatic N) is 4. The maximum Gasteiger partial charge on any atom is 0.343 e. The molecule has 0 radical (unpaired) electrons. The first kappa shape index (κ1) is 12.8. The van der Waals surface area contributed by atoms with E-state index in [9.17, 15) is 14.9 Å². The van der Waals surface area contributed by atoms with Gasteiger partial charge in [0.15, 0.2) is 5.82 Å². The summed E-state index contributed by atoms with van der Waals surface area (Å²) >= 11 is 0. The van der Waals surface area contributed by atoms with Crippen molar-refractivity contribution in [3.05, 3.63) is 40.1 Å². The summed E-state index contributed by atoms with van der Waals surface area (Å²) in [5.74, 6) is -0.560. The summed E-state index contributed by atoms with van der Waals surface area (Å²) in [6.07, 6.45) is 1.14. The molecule has 0 spiro atoms. The number of nitro groups is 1. The highest BCUT2D eigenvalue weighted by atomic mass is 16.6. The zero-order valence-corrected chi connectivity index (χ0v) is 10.8. The maximum atomic E-state index is 10.9. The molecule has 1 aromatic carbocycles. The number of H-pyrrole nitrogens is 1. The van der Waals surface area contributed by atoms with Crippen molar-refractivity contribution >= 4 is 22.8 Å². The van der Waals surface area contributed by atoms with Crippen molar-refractivity contribution in [3.8, 4) is 11.6 Å². The molecule has 0 aliphatic heterocycles. The van der Waals surface area contributed by atoms with Gasteiger partial charge in [-0.1, -0.05) is 0 Å². The van der Waals surface area contributed by atoms with Gasteiger partial charge in [-0.2, -0.15) is 0 Å². The van der Waals surface area contributed by atoms with Gasteiger partial charge in [-0.05, 0) is 23.1 Å². The Balaban J connectivity index is 2.13. The number of aromatic carboxylic acids is 1. The molecule has 0 bridgehead atoms. The molecule has 0 atom stereocenters. The maximum absolute atomic E-state index is 10.9. The largest absolute Gasteiger partial charge is 0.478 e. The molecule has 0 saturated carbocycles. The minimum absolute atomic E-state index is 0.128. The average Bonchev–Trinajstić information content (AvgIpc) is 3.00. The summed E-state index contributed by atoms with van der Waals surface area (Å²) in [6, 6.07) is 4.46. The summed E-state index contributed by atoms with van der Waals surface area (Å²) in [7, 11) is 1.51. The van der Waals surface area contributed by atoms with Crippen LogP contribution in [0.25, 0.3) is 22.7 Å². The predicted molar refractivity (Wildman–Crippen MR) is 71.9 cm³/mol. The van der Waals surface area contributed by atoms with E-state index in [1.807, 2.05) is 0 Å². The number of carbonyl (C=O) groups is 1. The topological polar surface area (TPSA) is 127 Å². The van der Waals surface area contributed by atoms with Crippen LogP contribution in [0.2, 0.25) is 0 Å². The summed E-state index contributed by atoms with van der Waals surface area (Å²) in [5, 5.41) is 19.8. The Bertz CT molecular complexity index is 879. The van der Waals surface area contributed by atoms with Crippen LogP contribution in [0.4, 0.5) is 5.82 Å². The van der Waals surface area contributed by atoms with Crippen LogP contribution in [-0.4, -0.2) is 35.5 Å². The number of benzene rings is 1. The Hall–Kier alpha value is -3.23. The van der Waals surface area contributed by atoms with Gasteiger partial charge in [0.25, 0.3) is 5.82 Å². The van der Waals surface area contributed by atoms with Crippen LogP contribution in [0.5, 0.6) is 0 Å². The molecular formula is C12H9N5O4. The molecule has 0 fully saturated rings. The smallest absolute Gasteiger partial charge is 0.343 e. The molecule has 3 rings (SSSR count). The van der Waals surface area contributed by atoms with E-state index in [4.69, 9.17) is 5.11 Å². The molecular weight excluding hydrogens is 278 g/mol. The number of rotatable bonds is 3. The summed E-state index contributed by atoms with van der Waals surface area (Å²) in [6.45, 7) is 0. The molecule has 3 aromatic rings. The van der Waals surface area contributed by atoms with Crippen molar-refractivity contribution in [2.24, 2.45) is 7.05 Å². The fourth-order valence-electron chi connectivity index (χ4n) is 2.04. The van der Waals surface area contributed by atoms with Crippen LogP contribution in [0.1, 0.15) is 10.4 Å². The van der Waals surface area contributed by atoms with E-state index in [2.05, 4.69) is 15.0 Å². The van der Waals surface area contributed by atoms with Gasteiger partial charge >= 0.3 is 11.8 Å². The zero-order chi connectivity index (χ0) is 15.1. The lowest BCUT2D eigenvalue weighted by molar-refractivity contribution is -0.391. The number of hydrogen-bond acceptors (Lipinski definition) is 5. The Labute approximate surface area is 117 Å². The normalized spacial score (nSPS) is 10.9. The number of carboxylic acid groups (broad SMARTS) is 1. The van der Waals surface area contributed by atoms with E-state index in [0.717, 1.165) is 6.20 Å². The molecule has 0 unspecified atom stereocenters. The molecule has 2 aromatic heterocycles. The van der Waals surface area contributed by atoms with E-state index in [-0.39, 0.29) is 11.4 Å². The highest BCUT2D eigenvalue weighted by Crippen LogP contribution is 2.23. The lowest BCUT2D eigenvalue weighted by Crippen LogP contribution is -1.99. The number of imidazole rings is 2. The van der Waals surface area contributed by atoms with Crippen LogP contribution >= 0.6 is 0 Å². The third-order valence-electron chi connectivity index (χ3n) is 3.09. The second-order valence-corrected chi connectivity index (χ2v) is 4.38. The summed E-state index contributed by atoms with van der Waals surface area (Å²) in [4.78, 5) is 32.3. The minimum atomic E-state index is -1.04. The van der Waals surface area contributed by atoms with Gasteiger partial charge in [0, 0.05) is 0 Å². The van der Waals surface area contributed by atoms with Crippen molar-refractivity contribution < 1.29 is 14.8 Å². The lowest BCUT2D eigenvalue weighted by atomic mass is 10.2. The average molecular weight is 287 g/mol. The summed E-state index contributed by atoms with van der Waals surface area (Å²) in [5.41, 5.74) is 1.21. The second-order valence-electron chi connectivity index (χ2n) is 4.38. The van der Waals surface area contributed by atoms with E-state index < -0.39 is 10.9 Å². The van der Waals surface area contributed by atoms with E-state index >= 15 is 0 Å². The Morgan fingerprint density at radius 2 is 2.24 bits per heavy atom. The quantitative estimate of drug-likeness (QED) is 0.556. The first-order chi connectivity index (χ1) is 9.97. The van der Waals surface area contributed by atoms with Crippen molar-refractivity contribution in [2.75, 3.05) is 0 Å². The fourth-order valence-corrected chi connectivity index (χ4v) is 2.04. The molecule has 0 saturated heterocycles. The Kier molecular flexibility index (Phi) is 2.68. The highest BCUT2D eigenvalue weighted by Gasteiger charge is 2.21. The molecule has 2 N–H and O–H groups in total. The van der Waals surface area contributed by atoms with Crippen LogP contribution < -0.4 is 0 Å². The zero-order valence-electron chi connectivity index (χ0n) is 10.8. The standard InChI is InChI=1S/C12H9N5O4/c1-16-9(17(20)21)5-13-11(16)10-14-7-3-2-6(12(18)19)4-8(7)15-10/h2-5H,1H3,(H,14,15)(H,18,19). The molecule has 0 amide bonds. The van der Waals surface area contributed by atoms with E-state index in [1.54, 1.807) is 6.07 Å². The lowest BCUT2D eigenvalue weighted by Gasteiger charge is -1.95. The SMILES string of the molecule is Cn1c([N+](=O)[O-])cnc1-c1nc2ccc(C(=O)O)cc2[nH]1. The predicted octanol–water partition coefficient (Wildman–Crippen LogP) is 1.57. The molecule has 106 valence electrons. The number of hydrogen-bond donors (Lipinski definition) is 2. The Morgan fingerprint density at radius 3 is 2.86 bits per heavy atom. The number of nitrogens with one attached hydrogen (secondary N) is 1. The first-order valence-electron chi connectivity index (χ1n) is 5.87. The van der Waals surface area contributed by atoms with Crippen molar-refractivity contribution in [3.63, 3.8) is 0 Å². The molecule has 21 heavy (non-hydrogen) atoms. The van der Waals surface area contributed by atoms with Crippen molar-refractivity contribution in [1.82, 2.24) is 19.5 Å². The van der Waals surface area contributed by atoms with Gasteiger partial charge in [-0.25, -0.2) is 19.3 Å². The summed E-state index contributed by atoms with van der Waals surface area (Å²) < 4.78 is 1.30. The number of aromatic amines is 1. The van der Waals surface area contributed by atoms with Crippen LogP contribution in [0.15, 0.2) is 24.4 Å². The molecule has 0 aliphatic carbocycles. The molecule has 0 aliphatic rings. The number of carboxylic acids is 1. The third-order valence-corrected chi connectivity index (χ3v) is 3.09. The monoisotopic (exact) mass is 287 g/mol. The van der Waals surface area contributed by atoms with Gasteiger partial charge in [0.1, 0.15) is 6.20 Å². The van der Waals surface area contributed by atoms with E-state index in [0.29, 0.717) is 22.7 Å². The Morgan fingerprint density at radius 1 is 1.48 bits per heavy atom.